The van der Waals surface area contributed by atoms with Crippen molar-refractivity contribution in [2.24, 2.45) is 0 Å². The molecule has 24 heavy (non-hydrogen) atoms. The number of hydrogen-bond donors (Lipinski definition) is 1. The van der Waals surface area contributed by atoms with Crippen molar-refractivity contribution in [1.82, 2.24) is 4.31 Å². The summed E-state index contributed by atoms with van der Waals surface area (Å²) in [5.41, 5.74) is 0.858. The fourth-order valence-corrected chi connectivity index (χ4v) is 3.24. The SMILES string of the molecule is COc1ccc(Br)cc1C(=O)Nc1ccc(S(=O)(=O)N(C)C)cc1. The molecule has 1 N–H and O–H groups in total. The van der Waals surface area contributed by atoms with Crippen LogP contribution in [0.3, 0.4) is 0 Å². The van der Waals surface area contributed by atoms with Crippen LogP contribution in [0.5, 0.6) is 5.75 Å². The Balaban J connectivity index is 2.23. The number of amides is 1. The lowest BCUT2D eigenvalue weighted by molar-refractivity contribution is 0.102. The molecule has 2 aromatic carbocycles. The summed E-state index contributed by atoms with van der Waals surface area (Å²) in [7, 11) is 0.917. The number of rotatable bonds is 5. The van der Waals surface area contributed by atoms with Gasteiger partial charge in [-0.15, -0.1) is 0 Å². The maximum Gasteiger partial charge on any atom is 0.259 e. The van der Waals surface area contributed by atoms with Crippen LogP contribution < -0.4 is 10.1 Å². The third kappa shape index (κ3) is 3.95. The molecule has 0 spiro atoms. The number of nitrogens with one attached hydrogen (secondary N) is 1. The fraction of sp³-hybridized carbons (Fsp3) is 0.188. The summed E-state index contributed by atoms with van der Waals surface area (Å²) in [4.78, 5) is 12.6. The first-order valence-electron chi connectivity index (χ1n) is 6.93. The molecule has 8 heteroatoms. The van der Waals surface area contributed by atoms with Crippen molar-refractivity contribution in [2.75, 3.05) is 26.5 Å². The average Bonchev–Trinajstić information content (AvgIpc) is 2.55. The Morgan fingerprint density at radius 3 is 2.29 bits per heavy atom. The lowest BCUT2D eigenvalue weighted by Gasteiger charge is -2.12. The number of benzene rings is 2. The van der Waals surface area contributed by atoms with E-state index in [4.69, 9.17) is 4.74 Å². The van der Waals surface area contributed by atoms with E-state index < -0.39 is 10.0 Å². The molecule has 0 aliphatic rings. The van der Waals surface area contributed by atoms with Crippen LogP contribution in [0.1, 0.15) is 10.4 Å². The Morgan fingerprint density at radius 1 is 1.12 bits per heavy atom. The lowest BCUT2D eigenvalue weighted by atomic mass is 10.2. The second-order valence-electron chi connectivity index (χ2n) is 5.11. The normalized spacial score (nSPS) is 11.4. The van der Waals surface area contributed by atoms with Gasteiger partial charge in [-0.05, 0) is 42.5 Å². The zero-order valence-corrected chi connectivity index (χ0v) is 15.8. The molecule has 0 heterocycles. The summed E-state index contributed by atoms with van der Waals surface area (Å²) in [5.74, 6) is 0.0962. The molecule has 128 valence electrons. The summed E-state index contributed by atoms with van der Waals surface area (Å²) in [6.07, 6.45) is 0. The highest BCUT2D eigenvalue weighted by molar-refractivity contribution is 9.10. The molecule has 0 aliphatic heterocycles. The molecule has 2 aromatic rings. The molecule has 0 radical (unpaired) electrons. The maximum absolute atomic E-state index is 12.4. The molecule has 0 aliphatic carbocycles. The van der Waals surface area contributed by atoms with E-state index in [-0.39, 0.29) is 10.8 Å². The van der Waals surface area contributed by atoms with Crippen LogP contribution in [-0.2, 0) is 10.0 Å². The highest BCUT2D eigenvalue weighted by Crippen LogP contribution is 2.24. The van der Waals surface area contributed by atoms with Gasteiger partial charge < -0.3 is 10.1 Å². The minimum atomic E-state index is -3.50. The number of hydrogen-bond acceptors (Lipinski definition) is 4. The molecule has 0 unspecified atom stereocenters. The molecule has 0 saturated heterocycles. The van der Waals surface area contributed by atoms with Gasteiger partial charge in [-0.3, -0.25) is 4.79 Å². The molecule has 6 nitrogen and oxygen atoms in total. The Bertz CT molecular complexity index is 849. The van der Waals surface area contributed by atoms with Gasteiger partial charge in [0.05, 0.1) is 17.6 Å². The number of sulfonamides is 1. The highest BCUT2D eigenvalue weighted by Gasteiger charge is 2.17. The number of carbonyl (C=O) groups is 1. The lowest BCUT2D eigenvalue weighted by Crippen LogP contribution is -2.22. The Kier molecular flexibility index (Phi) is 5.63. The van der Waals surface area contributed by atoms with Crippen LogP contribution in [0.25, 0.3) is 0 Å². The van der Waals surface area contributed by atoms with Gasteiger partial charge in [0.1, 0.15) is 5.75 Å². The van der Waals surface area contributed by atoms with E-state index in [0.29, 0.717) is 17.0 Å². The zero-order valence-electron chi connectivity index (χ0n) is 13.4. The minimum absolute atomic E-state index is 0.158. The monoisotopic (exact) mass is 412 g/mol. The summed E-state index contributed by atoms with van der Waals surface area (Å²) >= 11 is 3.32. The molecule has 2 rings (SSSR count). The number of ether oxygens (including phenoxy) is 1. The number of halogens is 1. The van der Waals surface area contributed by atoms with Crippen LogP contribution in [0.4, 0.5) is 5.69 Å². The number of methoxy groups -OCH3 is 1. The van der Waals surface area contributed by atoms with Gasteiger partial charge in [-0.2, -0.15) is 0 Å². The molecular weight excluding hydrogens is 396 g/mol. The highest BCUT2D eigenvalue weighted by atomic mass is 79.9. The second-order valence-corrected chi connectivity index (χ2v) is 8.18. The Morgan fingerprint density at radius 2 is 1.75 bits per heavy atom. The van der Waals surface area contributed by atoms with E-state index in [1.807, 2.05) is 0 Å². The van der Waals surface area contributed by atoms with Crippen molar-refractivity contribution in [3.63, 3.8) is 0 Å². The molecule has 0 bridgehead atoms. The van der Waals surface area contributed by atoms with E-state index in [9.17, 15) is 13.2 Å². The van der Waals surface area contributed by atoms with Crippen molar-refractivity contribution < 1.29 is 17.9 Å². The van der Waals surface area contributed by atoms with Gasteiger partial charge in [0.15, 0.2) is 0 Å². The third-order valence-electron chi connectivity index (χ3n) is 3.30. The molecule has 0 saturated carbocycles. The van der Waals surface area contributed by atoms with Crippen molar-refractivity contribution in [1.29, 1.82) is 0 Å². The van der Waals surface area contributed by atoms with Gasteiger partial charge in [0, 0.05) is 24.3 Å². The molecule has 0 atom stereocenters. The Hall–Kier alpha value is -1.90. The van der Waals surface area contributed by atoms with E-state index in [1.54, 1.807) is 30.3 Å². The molecule has 0 aromatic heterocycles. The first kappa shape index (κ1) is 18.4. The van der Waals surface area contributed by atoms with Gasteiger partial charge in [0.25, 0.3) is 5.91 Å². The van der Waals surface area contributed by atoms with Gasteiger partial charge in [0.2, 0.25) is 10.0 Å². The van der Waals surface area contributed by atoms with Crippen LogP contribution in [0, 0.1) is 0 Å². The van der Waals surface area contributed by atoms with E-state index in [2.05, 4.69) is 21.2 Å². The van der Waals surface area contributed by atoms with E-state index >= 15 is 0 Å². The van der Waals surface area contributed by atoms with Crippen LogP contribution in [0.15, 0.2) is 51.8 Å². The van der Waals surface area contributed by atoms with E-state index in [1.165, 1.54) is 33.3 Å². The molecule has 1 amide bonds. The van der Waals surface area contributed by atoms with E-state index in [0.717, 1.165) is 8.78 Å². The Labute approximate surface area is 149 Å². The quantitative estimate of drug-likeness (QED) is 0.818. The van der Waals surface area contributed by atoms with Gasteiger partial charge >= 0.3 is 0 Å². The van der Waals surface area contributed by atoms with Crippen molar-refractivity contribution in [2.45, 2.75) is 4.90 Å². The third-order valence-corrected chi connectivity index (χ3v) is 5.62. The average molecular weight is 413 g/mol. The summed E-state index contributed by atoms with van der Waals surface area (Å²) in [6.45, 7) is 0. The standard InChI is InChI=1S/C16H17BrN2O4S/c1-19(2)24(21,22)13-7-5-12(6-8-13)18-16(20)14-10-11(17)4-9-15(14)23-3/h4-10H,1-3H3,(H,18,20). The number of carbonyl (C=O) groups excluding carboxylic acids is 1. The topological polar surface area (TPSA) is 75.7 Å². The smallest absolute Gasteiger partial charge is 0.259 e. The summed E-state index contributed by atoms with van der Waals surface area (Å²) in [6, 6.07) is 11.1. The summed E-state index contributed by atoms with van der Waals surface area (Å²) in [5, 5.41) is 2.72. The first-order valence-corrected chi connectivity index (χ1v) is 9.16. The van der Waals surface area contributed by atoms with Crippen LogP contribution in [-0.4, -0.2) is 39.8 Å². The van der Waals surface area contributed by atoms with Crippen molar-refractivity contribution in [3.8, 4) is 5.75 Å². The van der Waals surface area contributed by atoms with Gasteiger partial charge in [-0.25, -0.2) is 12.7 Å². The summed E-state index contributed by atoms with van der Waals surface area (Å²) < 4.78 is 31.1. The van der Waals surface area contributed by atoms with Crippen molar-refractivity contribution in [3.05, 3.63) is 52.5 Å². The first-order chi connectivity index (χ1) is 11.3. The largest absolute Gasteiger partial charge is 0.496 e. The number of nitrogens with zero attached hydrogens (tertiary/aromatic N) is 1. The van der Waals surface area contributed by atoms with Crippen LogP contribution >= 0.6 is 15.9 Å². The van der Waals surface area contributed by atoms with Crippen molar-refractivity contribution >= 4 is 37.5 Å². The molecular formula is C16H17BrN2O4S. The maximum atomic E-state index is 12.4. The minimum Gasteiger partial charge on any atom is -0.496 e. The zero-order chi connectivity index (χ0) is 17.9. The predicted octanol–water partition coefficient (Wildman–Crippen LogP) is 2.96. The number of anilines is 1. The fourth-order valence-electron chi connectivity index (χ4n) is 1.98. The van der Waals surface area contributed by atoms with Gasteiger partial charge in [-0.1, -0.05) is 15.9 Å². The molecule has 0 fully saturated rings. The predicted molar refractivity (Wildman–Crippen MR) is 96.0 cm³/mol. The second kappa shape index (κ2) is 7.33. The van der Waals surface area contributed by atoms with Crippen LogP contribution in [0.2, 0.25) is 0 Å².